The van der Waals surface area contributed by atoms with E-state index in [1.54, 1.807) is 6.92 Å². The third kappa shape index (κ3) is 4.19. The van der Waals surface area contributed by atoms with Gasteiger partial charge in [-0.25, -0.2) is 21.9 Å². The molecular formula is C9H13ClF2N2O2S. The highest BCUT2D eigenvalue weighted by Gasteiger charge is 2.20. The summed E-state index contributed by atoms with van der Waals surface area (Å²) in [6.07, 6.45) is 0. The number of nitrogens with one attached hydrogen (secondary N) is 1. The van der Waals surface area contributed by atoms with Gasteiger partial charge in [0.25, 0.3) is 0 Å². The van der Waals surface area contributed by atoms with Crippen molar-refractivity contribution in [2.45, 2.75) is 17.9 Å². The molecule has 0 aliphatic heterocycles. The maximum atomic E-state index is 13.2. The summed E-state index contributed by atoms with van der Waals surface area (Å²) in [6, 6.07) is 1.75. The molecule has 0 saturated heterocycles. The van der Waals surface area contributed by atoms with E-state index in [-0.39, 0.29) is 19.0 Å². The van der Waals surface area contributed by atoms with Crippen LogP contribution in [0.2, 0.25) is 0 Å². The Labute approximate surface area is 105 Å². The van der Waals surface area contributed by atoms with Gasteiger partial charge in [-0.2, -0.15) is 0 Å². The number of rotatable bonds is 4. The zero-order valence-corrected chi connectivity index (χ0v) is 10.6. The van der Waals surface area contributed by atoms with Crippen molar-refractivity contribution in [2.75, 3.05) is 6.54 Å². The fourth-order valence-electron chi connectivity index (χ4n) is 1.07. The lowest BCUT2D eigenvalue weighted by Gasteiger charge is -2.12. The normalized spacial score (nSPS) is 12.9. The van der Waals surface area contributed by atoms with E-state index in [1.807, 2.05) is 0 Å². The van der Waals surface area contributed by atoms with Crippen molar-refractivity contribution in [3.8, 4) is 0 Å². The SMILES string of the molecule is C[C@H](CN)NS(=O)(=O)c1ccc(F)cc1F.Cl. The van der Waals surface area contributed by atoms with Crippen molar-refractivity contribution < 1.29 is 17.2 Å². The lowest BCUT2D eigenvalue weighted by atomic mass is 10.3. The monoisotopic (exact) mass is 286 g/mol. The van der Waals surface area contributed by atoms with Gasteiger partial charge in [-0.15, -0.1) is 12.4 Å². The number of hydrogen-bond acceptors (Lipinski definition) is 3. The number of hydrogen-bond donors (Lipinski definition) is 2. The molecule has 0 unspecified atom stereocenters. The summed E-state index contributed by atoms with van der Waals surface area (Å²) in [5.41, 5.74) is 5.24. The van der Waals surface area contributed by atoms with E-state index in [0.29, 0.717) is 6.07 Å². The van der Waals surface area contributed by atoms with Gasteiger partial charge < -0.3 is 5.73 Å². The Morgan fingerprint density at radius 1 is 1.41 bits per heavy atom. The summed E-state index contributed by atoms with van der Waals surface area (Å²) >= 11 is 0. The summed E-state index contributed by atoms with van der Waals surface area (Å²) in [5, 5.41) is 0. The maximum Gasteiger partial charge on any atom is 0.243 e. The first-order valence-corrected chi connectivity index (χ1v) is 6.02. The molecule has 0 saturated carbocycles. The van der Waals surface area contributed by atoms with Crippen LogP contribution in [-0.2, 0) is 10.0 Å². The van der Waals surface area contributed by atoms with Crippen LogP contribution in [0, 0.1) is 11.6 Å². The molecule has 4 nitrogen and oxygen atoms in total. The Balaban J connectivity index is 0.00000256. The Hall–Kier alpha value is -0.760. The summed E-state index contributed by atoms with van der Waals surface area (Å²) in [6.45, 7) is 1.63. The lowest BCUT2D eigenvalue weighted by Crippen LogP contribution is -2.38. The van der Waals surface area contributed by atoms with Crippen molar-refractivity contribution in [3.63, 3.8) is 0 Å². The summed E-state index contributed by atoms with van der Waals surface area (Å²) < 4.78 is 51.2. The molecule has 0 spiro atoms. The lowest BCUT2D eigenvalue weighted by molar-refractivity contribution is 0.535. The summed E-state index contributed by atoms with van der Waals surface area (Å²) in [7, 11) is -3.99. The predicted molar refractivity (Wildman–Crippen MR) is 62.4 cm³/mol. The van der Waals surface area contributed by atoms with Crippen molar-refractivity contribution >= 4 is 22.4 Å². The molecule has 1 aromatic rings. The largest absolute Gasteiger partial charge is 0.329 e. The van der Waals surface area contributed by atoms with Gasteiger partial charge in [0, 0.05) is 18.7 Å². The highest BCUT2D eigenvalue weighted by molar-refractivity contribution is 7.89. The molecule has 0 aliphatic rings. The second-order valence-corrected chi connectivity index (χ2v) is 5.02. The highest BCUT2D eigenvalue weighted by atomic mass is 35.5. The molecule has 3 N–H and O–H groups in total. The van der Waals surface area contributed by atoms with E-state index in [9.17, 15) is 17.2 Å². The van der Waals surface area contributed by atoms with Gasteiger partial charge in [-0.1, -0.05) is 0 Å². The molecule has 1 aromatic carbocycles. The fourth-order valence-corrected chi connectivity index (χ4v) is 2.39. The number of benzene rings is 1. The van der Waals surface area contributed by atoms with Crippen LogP contribution >= 0.6 is 12.4 Å². The minimum Gasteiger partial charge on any atom is -0.329 e. The third-order valence-corrected chi connectivity index (χ3v) is 3.52. The van der Waals surface area contributed by atoms with Gasteiger partial charge >= 0.3 is 0 Å². The molecule has 8 heteroatoms. The zero-order valence-electron chi connectivity index (χ0n) is 8.98. The Kier molecular flexibility index (Phi) is 5.97. The average molecular weight is 287 g/mol. The first kappa shape index (κ1) is 16.2. The van der Waals surface area contributed by atoms with Crippen molar-refractivity contribution in [2.24, 2.45) is 5.73 Å². The number of nitrogens with two attached hydrogens (primary N) is 1. The number of halogens is 3. The smallest absolute Gasteiger partial charge is 0.243 e. The zero-order chi connectivity index (χ0) is 12.3. The van der Waals surface area contributed by atoms with Crippen LogP contribution in [0.25, 0.3) is 0 Å². The second kappa shape index (κ2) is 6.25. The summed E-state index contributed by atoms with van der Waals surface area (Å²) in [5.74, 6) is -1.96. The van der Waals surface area contributed by atoms with Crippen LogP contribution in [0.4, 0.5) is 8.78 Å². The molecule has 0 bridgehead atoms. The molecule has 1 atom stereocenters. The fraction of sp³-hybridized carbons (Fsp3) is 0.333. The van der Waals surface area contributed by atoms with Gasteiger partial charge in [0.2, 0.25) is 10.0 Å². The molecule has 17 heavy (non-hydrogen) atoms. The maximum absolute atomic E-state index is 13.2. The molecule has 0 heterocycles. The van der Waals surface area contributed by atoms with Gasteiger partial charge in [-0.05, 0) is 19.1 Å². The Morgan fingerprint density at radius 3 is 2.47 bits per heavy atom. The van der Waals surface area contributed by atoms with Gasteiger partial charge in [0.1, 0.15) is 16.5 Å². The average Bonchev–Trinajstić information content (AvgIpc) is 2.16. The van der Waals surface area contributed by atoms with Gasteiger partial charge in [-0.3, -0.25) is 0 Å². The Bertz CT molecular complexity index is 482. The van der Waals surface area contributed by atoms with Crippen molar-refractivity contribution in [1.82, 2.24) is 4.72 Å². The van der Waals surface area contributed by atoms with E-state index in [0.717, 1.165) is 12.1 Å². The number of sulfonamides is 1. The third-order valence-electron chi connectivity index (χ3n) is 1.89. The van der Waals surface area contributed by atoms with E-state index >= 15 is 0 Å². The van der Waals surface area contributed by atoms with Gasteiger partial charge in [0.05, 0.1) is 0 Å². The van der Waals surface area contributed by atoms with Crippen molar-refractivity contribution in [3.05, 3.63) is 29.8 Å². The quantitative estimate of drug-likeness (QED) is 0.868. The molecule has 0 radical (unpaired) electrons. The van der Waals surface area contributed by atoms with Crippen LogP contribution in [0.5, 0.6) is 0 Å². The molecule has 1 rings (SSSR count). The minimum atomic E-state index is -3.99. The molecule has 0 amide bonds. The summed E-state index contributed by atoms with van der Waals surface area (Å²) in [4.78, 5) is -0.589. The minimum absolute atomic E-state index is 0. The van der Waals surface area contributed by atoms with Crippen molar-refractivity contribution in [1.29, 1.82) is 0 Å². The van der Waals surface area contributed by atoms with Gasteiger partial charge in [0.15, 0.2) is 0 Å². The molecular weight excluding hydrogens is 274 g/mol. The van der Waals surface area contributed by atoms with E-state index in [2.05, 4.69) is 4.72 Å². The molecule has 0 fully saturated rings. The van der Waals surface area contributed by atoms with Crippen LogP contribution in [0.1, 0.15) is 6.92 Å². The van der Waals surface area contributed by atoms with Crippen LogP contribution in [0.3, 0.4) is 0 Å². The van der Waals surface area contributed by atoms with E-state index < -0.39 is 32.6 Å². The topological polar surface area (TPSA) is 72.2 Å². The van der Waals surface area contributed by atoms with Crippen LogP contribution in [0.15, 0.2) is 23.1 Å². The predicted octanol–water partition coefficient (Wildman–Crippen LogP) is 1.01. The molecule has 0 aromatic heterocycles. The highest BCUT2D eigenvalue weighted by Crippen LogP contribution is 2.15. The van der Waals surface area contributed by atoms with E-state index in [1.165, 1.54) is 0 Å². The first-order valence-electron chi connectivity index (χ1n) is 4.54. The molecule has 0 aliphatic carbocycles. The Morgan fingerprint density at radius 2 is 2.00 bits per heavy atom. The van der Waals surface area contributed by atoms with Crippen LogP contribution in [-0.4, -0.2) is 21.0 Å². The van der Waals surface area contributed by atoms with E-state index in [4.69, 9.17) is 5.73 Å². The first-order chi connectivity index (χ1) is 7.36. The van der Waals surface area contributed by atoms with Crippen LogP contribution < -0.4 is 10.5 Å². The second-order valence-electron chi connectivity index (χ2n) is 3.33. The molecule has 98 valence electrons. The standard InChI is InChI=1S/C9H12F2N2O2S.ClH/c1-6(5-12)13-16(14,15)9-3-2-7(10)4-8(9)11;/h2-4,6,13H,5,12H2,1H3;1H/t6-;/m1./s1.